The van der Waals surface area contributed by atoms with Crippen LogP contribution in [0.25, 0.3) is 0 Å². The van der Waals surface area contributed by atoms with Crippen LogP contribution in [0.1, 0.15) is 25.8 Å². The molecule has 0 N–H and O–H groups in total. The van der Waals surface area contributed by atoms with Crippen LogP contribution in [-0.4, -0.2) is 23.3 Å². The molecule has 1 aromatic rings. The molecular weight excluding hydrogens is 198 g/mol. The molecule has 16 heavy (non-hydrogen) atoms. The third-order valence-corrected chi connectivity index (χ3v) is 3.41. The van der Waals surface area contributed by atoms with Gasteiger partial charge in [0.2, 0.25) is 0 Å². The van der Waals surface area contributed by atoms with Gasteiger partial charge in [0.05, 0.1) is 0 Å². The molecule has 2 heteroatoms. The third kappa shape index (κ3) is 2.50. The van der Waals surface area contributed by atoms with Crippen LogP contribution in [0.3, 0.4) is 0 Å². The molecule has 1 aliphatic heterocycles. The second kappa shape index (κ2) is 4.79. The van der Waals surface area contributed by atoms with Crippen molar-refractivity contribution in [3.8, 4) is 0 Å². The molecule has 2 rings (SSSR count). The molecule has 0 amide bonds. The van der Waals surface area contributed by atoms with Crippen LogP contribution in [0.5, 0.6) is 0 Å². The number of carbonyl (C=O) groups is 1. The normalized spacial score (nSPS) is 27.0. The minimum Gasteiger partial charge on any atom is -0.299 e. The summed E-state index contributed by atoms with van der Waals surface area (Å²) in [4.78, 5) is 14.0. The first-order valence-electron chi connectivity index (χ1n) is 5.97. The molecule has 0 spiro atoms. The minimum atomic E-state index is 0.194. The molecule has 0 unspecified atom stereocenters. The van der Waals surface area contributed by atoms with E-state index in [0.717, 1.165) is 13.1 Å². The van der Waals surface area contributed by atoms with Gasteiger partial charge in [-0.2, -0.15) is 0 Å². The summed E-state index contributed by atoms with van der Waals surface area (Å²) >= 11 is 0. The Morgan fingerprint density at radius 2 is 1.94 bits per heavy atom. The van der Waals surface area contributed by atoms with Crippen molar-refractivity contribution in [3.05, 3.63) is 35.9 Å². The van der Waals surface area contributed by atoms with Crippen molar-refractivity contribution in [2.24, 2.45) is 5.92 Å². The van der Waals surface area contributed by atoms with Crippen LogP contribution >= 0.6 is 0 Å². The Labute approximate surface area is 97.3 Å². The summed E-state index contributed by atoms with van der Waals surface area (Å²) in [5.74, 6) is 0.608. The van der Waals surface area contributed by atoms with Gasteiger partial charge in [-0.05, 0) is 12.5 Å². The standard InChI is InChI=1S/C14H19NO/c1-11-9-15(12(2)8-14(11)16)10-13-6-4-3-5-7-13/h3-7,11-12H,8-10H2,1-2H3/t11-,12+/m0/s1. The van der Waals surface area contributed by atoms with E-state index in [0.29, 0.717) is 18.2 Å². The third-order valence-electron chi connectivity index (χ3n) is 3.41. The number of Topliss-reactive ketones (excluding diaryl/α,β-unsaturated/α-hetero) is 1. The maximum atomic E-state index is 11.6. The largest absolute Gasteiger partial charge is 0.299 e. The molecule has 2 atom stereocenters. The van der Waals surface area contributed by atoms with Gasteiger partial charge in [0.25, 0.3) is 0 Å². The van der Waals surface area contributed by atoms with Crippen LogP contribution in [0, 0.1) is 5.92 Å². The van der Waals surface area contributed by atoms with Gasteiger partial charge < -0.3 is 0 Å². The van der Waals surface area contributed by atoms with E-state index < -0.39 is 0 Å². The van der Waals surface area contributed by atoms with E-state index in [4.69, 9.17) is 0 Å². The molecule has 0 aromatic heterocycles. The predicted octanol–water partition coefficient (Wildman–Crippen LogP) is 2.49. The van der Waals surface area contributed by atoms with Crippen molar-refractivity contribution in [1.29, 1.82) is 0 Å². The molecule has 1 aliphatic rings. The summed E-state index contributed by atoms with van der Waals surface area (Å²) in [6.07, 6.45) is 0.702. The monoisotopic (exact) mass is 217 g/mol. The minimum absolute atomic E-state index is 0.194. The summed E-state index contributed by atoms with van der Waals surface area (Å²) in [5, 5.41) is 0. The highest BCUT2D eigenvalue weighted by Crippen LogP contribution is 2.20. The van der Waals surface area contributed by atoms with Crippen molar-refractivity contribution in [1.82, 2.24) is 4.90 Å². The lowest BCUT2D eigenvalue weighted by molar-refractivity contribution is -0.127. The number of hydrogen-bond donors (Lipinski definition) is 0. The summed E-state index contributed by atoms with van der Waals surface area (Å²) < 4.78 is 0. The fourth-order valence-corrected chi connectivity index (χ4v) is 2.29. The number of likely N-dealkylation sites (tertiary alicyclic amines) is 1. The Morgan fingerprint density at radius 1 is 1.25 bits per heavy atom. The van der Waals surface area contributed by atoms with Gasteiger partial charge in [-0.25, -0.2) is 0 Å². The van der Waals surface area contributed by atoms with Crippen LogP contribution in [0.15, 0.2) is 30.3 Å². The number of benzene rings is 1. The van der Waals surface area contributed by atoms with E-state index in [1.165, 1.54) is 5.56 Å². The Morgan fingerprint density at radius 3 is 2.62 bits per heavy atom. The van der Waals surface area contributed by atoms with Gasteiger partial charge in [0.1, 0.15) is 5.78 Å². The van der Waals surface area contributed by atoms with E-state index in [2.05, 4.69) is 36.1 Å². The molecule has 0 saturated carbocycles. The fourth-order valence-electron chi connectivity index (χ4n) is 2.29. The second-order valence-electron chi connectivity index (χ2n) is 4.84. The molecule has 1 saturated heterocycles. The molecule has 86 valence electrons. The topological polar surface area (TPSA) is 20.3 Å². The van der Waals surface area contributed by atoms with Crippen molar-refractivity contribution in [3.63, 3.8) is 0 Å². The molecule has 1 aromatic carbocycles. The summed E-state index contributed by atoms with van der Waals surface area (Å²) in [6, 6.07) is 10.8. The first kappa shape index (κ1) is 11.3. The maximum absolute atomic E-state index is 11.6. The van der Waals surface area contributed by atoms with Crippen molar-refractivity contribution >= 4 is 5.78 Å². The van der Waals surface area contributed by atoms with Gasteiger partial charge in [0, 0.05) is 31.5 Å². The number of ketones is 1. The number of hydrogen-bond acceptors (Lipinski definition) is 2. The summed E-state index contributed by atoms with van der Waals surface area (Å²) in [5.41, 5.74) is 1.33. The zero-order valence-corrected chi connectivity index (χ0v) is 10.0. The Hall–Kier alpha value is -1.15. The molecule has 0 aliphatic carbocycles. The molecule has 0 radical (unpaired) electrons. The lowest BCUT2D eigenvalue weighted by Gasteiger charge is -2.35. The fraction of sp³-hybridized carbons (Fsp3) is 0.500. The highest BCUT2D eigenvalue weighted by molar-refractivity contribution is 5.82. The number of rotatable bonds is 2. The van der Waals surface area contributed by atoms with E-state index in [1.807, 2.05) is 13.0 Å². The second-order valence-corrected chi connectivity index (χ2v) is 4.84. The smallest absolute Gasteiger partial charge is 0.138 e. The highest BCUT2D eigenvalue weighted by Gasteiger charge is 2.28. The van der Waals surface area contributed by atoms with E-state index in [-0.39, 0.29) is 5.92 Å². The van der Waals surface area contributed by atoms with E-state index >= 15 is 0 Å². The maximum Gasteiger partial charge on any atom is 0.138 e. The van der Waals surface area contributed by atoms with Gasteiger partial charge in [-0.15, -0.1) is 0 Å². The molecule has 1 fully saturated rings. The Balaban J connectivity index is 2.02. The first-order valence-corrected chi connectivity index (χ1v) is 5.97. The molecule has 1 heterocycles. The Bertz CT molecular complexity index is 360. The van der Waals surface area contributed by atoms with E-state index in [1.54, 1.807) is 0 Å². The van der Waals surface area contributed by atoms with Gasteiger partial charge in [-0.3, -0.25) is 9.69 Å². The number of nitrogens with zero attached hydrogens (tertiary/aromatic N) is 1. The number of carbonyl (C=O) groups excluding carboxylic acids is 1. The predicted molar refractivity (Wildman–Crippen MR) is 65.1 cm³/mol. The van der Waals surface area contributed by atoms with Crippen LogP contribution in [-0.2, 0) is 11.3 Å². The van der Waals surface area contributed by atoms with Gasteiger partial charge in [0.15, 0.2) is 0 Å². The van der Waals surface area contributed by atoms with Crippen molar-refractivity contribution < 1.29 is 4.79 Å². The average Bonchev–Trinajstić information content (AvgIpc) is 2.27. The molecule has 2 nitrogen and oxygen atoms in total. The SMILES string of the molecule is C[C@@H]1CC(=O)[C@@H](C)CN1Cc1ccccc1. The average molecular weight is 217 g/mol. The molecular formula is C14H19NO. The van der Waals surface area contributed by atoms with Crippen molar-refractivity contribution in [2.45, 2.75) is 32.9 Å². The highest BCUT2D eigenvalue weighted by atomic mass is 16.1. The zero-order chi connectivity index (χ0) is 11.5. The first-order chi connectivity index (χ1) is 7.66. The lowest BCUT2D eigenvalue weighted by atomic mass is 9.93. The Kier molecular flexibility index (Phi) is 3.39. The number of piperidine rings is 1. The van der Waals surface area contributed by atoms with Gasteiger partial charge in [-0.1, -0.05) is 37.3 Å². The quantitative estimate of drug-likeness (QED) is 0.758. The summed E-state index contributed by atoms with van der Waals surface area (Å²) in [6.45, 7) is 6.04. The zero-order valence-electron chi connectivity index (χ0n) is 10.0. The molecule has 0 bridgehead atoms. The van der Waals surface area contributed by atoms with Crippen LogP contribution in [0.2, 0.25) is 0 Å². The lowest BCUT2D eigenvalue weighted by Crippen LogP contribution is -2.44. The van der Waals surface area contributed by atoms with Crippen molar-refractivity contribution in [2.75, 3.05) is 6.54 Å². The van der Waals surface area contributed by atoms with Crippen LogP contribution in [0.4, 0.5) is 0 Å². The summed E-state index contributed by atoms with van der Waals surface area (Å²) in [7, 11) is 0. The van der Waals surface area contributed by atoms with Gasteiger partial charge >= 0.3 is 0 Å². The van der Waals surface area contributed by atoms with Crippen LogP contribution < -0.4 is 0 Å². The van der Waals surface area contributed by atoms with E-state index in [9.17, 15) is 4.79 Å².